The minimum Gasteiger partial charge on any atom is -0.406 e. The average molecular weight is 381 g/mol. The molecule has 21 heavy (non-hydrogen) atoms. The van der Waals surface area contributed by atoms with Crippen molar-refractivity contribution in [2.45, 2.75) is 12.9 Å². The van der Waals surface area contributed by atoms with Gasteiger partial charge in [-0.3, -0.25) is 0 Å². The number of anilines is 1. The van der Waals surface area contributed by atoms with Crippen molar-refractivity contribution in [3.63, 3.8) is 0 Å². The topological polar surface area (TPSA) is 21.3 Å². The van der Waals surface area contributed by atoms with E-state index in [9.17, 15) is 13.2 Å². The summed E-state index contributed by atoms with van der Waals surface area (Å²) in [6.07, 6.45) is -4.68. The summed E-state index contributed by atoms with van der Waals surface area (Å²) in [4.78, 5) is 0. The van der Waals surface area contributed by atoms with E-state index in [2.05, 4.69) is 26.0 Å². The normalized spacial score (nSPS) is 11.3. The first-order valence-corrected chi connectivity index (χ1v) is 7.04. The van der Waals surface area contributed by atoms with Gasteiger partial charge in [-0.1, -0.05) is 17.7 Å². The molecule has 0 aliphatic heterocycles. The number of benzene rings is 2. The standard InChI is InChI=1S/C14H10BrClF3NO/c15-12-7-9(1-6-13(12)16)8-20-10-2-4-11(5-3-10)21-14(17,18)19/h1-7,20H,8H2. The van der Waals surface area contributed by atoms with Crippen LogP contribution in [0.15, 0.2) is 46.9 Å². The van der Waals surface area contributed by atoms with Gasteiger partial charge in [0.15, 0.2) is 0 Å². The van der Waals surface area contributed by atoms with Gasteiger partial charge in [0.25, 0.3) is 0 Å². The Kier molecular flexibility index (Phi) is 5.00. The molecule has 0 amide bonds. The summed E-state index contributed by atoms with van der Waals surface area (Å²) in [5.74, 6) is -0.248. The van der Waals surface area contributed by atoms with Crippen LogP contribution < -0.4 is 10.1 Å². The van der Waals surface area contributed by atoms with Crippen LogP contribution in [-0.4, -0.2) is 6.36 Å². The maximum Gasteiger partial charge on any atom is 0.573 e. The third-order valence-corrected chi connectivity index (χ3v) is 3.78. The first-order valence-electron chi connectivity index (χ1n) is 5.87. The fourth-order valence-electron chi connectivity index (χ4n) is 1.63. The summed E-state index contributed by atoms with van der Waals surface area (Å²) >= 11 is 9.22. The Balaban J connectivity index is 1.96. The van der Waals surface area contributed by atoms with Crippen molar-refractivity contribution < 1.29 is 17.9 Å². The van der Waals surface area contributed by atoms with E-state index in [4.69, 9.17) is 11.6 Å². The molecule has 7 heteroatoms. The third kappa shape index (κ3) is 5.13. The van der Waals surface area contributed by atoms with E-state index in [0.717, 1.165) is 10.0 Å². The summed E-state index contributed by atoms with van der Waals surface area (Å²) < 4.78 is 40.7. The SMILES string of the molecule is FC(F)(F)Oc1ccc(NCc2ccc(Cl)c(Br)c2)cc1. The van der Waals surface area contributed by atoms with Gasteiger partial charge in [0.2, 0.25) is 0 Å². The molecular formula is C14H10BrClF3NO. The smallest absolute Gasteiger partial charge is 0.406 e. The Morgan fingerprint density at radius 1 is 1.10 bits per heavy atom. The van der Waals surface area contributed by atoms with Crippen molar-refractivity contribution in [2.75, 3.05) is 5.32 Å². The highest BCUT2D eigenvalue weighted by molar-refractivity contribution is 9.10. The van der Waals surface area contributed by atoms with Gasteiger partial charge in [0.05, 0.1) is 5.02 Å². The zero-order chi connectivity index (χ0) is 15.5. The van der Waals surface area contributed by atoms with Crippen LogP contribution in [0.3, 0.4) is 0 Å². The Morgan fingerprint density at radius 2 is 1.76 bits per heavy atom. The predicted molar refractivity (Wildman–Crippen MR) is 79.6 cm³/mol. The molecule has 0 aromatic heterocycles. The first-order chi connectivity index (χ1) is 9.83. The lowest BCUT2D eigenvalue weighted by Gasteiger charge is -2.10. The van der Waals surface area contributed by atoms with E-state index < -0.39 is 6.36 Å². The molecule has 0 aliphatic carbocycles. The Morgan fingerprint density at radius 3 is 2.33 bits per heavy atom. The molecule has 0 saturated carbocycles. The van der Waals surface area contributed by atoms with E-state index in [-0.39, 0.29) is 5.75 Å². The van der Waals surface area contributed by atoms with Crippen LogP contribution in [0.1, 0.15) is 5.56 Å². The van der Waals surface area contributed by atoms with Crippen LogP contribution in [0, 0.1) is 0 Å². The van der Waals surface area contributed by atoms with E-state index >= 15 is 0 Å². The number of alkyl halides is 3. The van der Waals surface area contributed by atoms with E-state index in [1.165, 1.54) is 24.3 Å². The van der Waals surface area contributed by atoms with Gasteiger partial charge in [-0.25, -0.2) is 0 Å². The quantitative estimate of drug-likeness (QED) is 0.744. The number of rotatable bonds is 4. The van der Waals surface area contributed by atoms with Crippen LogP contribution in [0.5, 0.6) is 5.75 Å². The fourth-order valence-corrected chi connectivity index (χ4v) is 2.17. The molecule has 112 valence electrons. The zero-order valence-electron chi connectivity index (χ0n) is 10.5. The Labute approximate surface area is 133 Å². The molecule has 2 aromatic carbocycles. The molecule has 0 saturated heterocycles. The second-order valence-electron chi connectivity index (χ2n) is 4.17. The van der Waals surface area contributed by atoms with Crippen molar-refractivity contribution in [1.82, 2.24) is 0 Å². The summed E-state index contributed by atoms with van der Waals surface area (Å²) in [6.45, 7) is 0.523. The predicted octanol–water partition coefficient (Wildman–Crippen LogP) is 5.61. The van der Waals surface area contributed by atoms with Crippen molar-refractivity contribution in [2.24, 2.45) is 0 Å². The molecule has 0 atom stereocenters. The van der Waals surface area contributed by atoms with Crippen molar-refractivity contribution in [1.29, 1.82) is 0 Å². The van der Waals surface area contributed by atoms with E-state index in [1.807, 2.05) is 12.1 Å². The summed E-state index contributed by atoms with van der Waals surface area (Å²) in [5.41, 5.74) is 1.68. The molecule has 1 N–H and O–H groups in total. The Hall–Kier alpha value is -1.40. The van der Waals surface area contributed by atoms with Crippen LogP contribution in [0.25, 0.3) is 0 Å². The van der Waals surface area contributed by atoms with Crippen LogP contribution in [0.4, 0.5) is 18.9 Å². The lowest BCUT2D eigenvalue weighted by Crippen LogP contribution is -2.17. The van der Waals surface area contributed by atoms with Crippen molar-refractivity contribution >= 4 is 33.2 Å². The van der Waals surface area contributed by atoms with Gasteiger partial charge >= 0.3 is 6.36 Å². The van der Waals surface area contributed by atoms with Gasteiger partial charge in [0.1, 0.15) is 5.75 Å². The van der Waals surface area contributed by atoms with Crippen molar-refractivity contribution in [3.8, 4) is 5.75 Å². The third-order valence-electron chi connectivity index (χ3n) is 2.57. The molecule has 0 spiro atoms. The van der Waals surface area contributed by atoms with Gasteiger partial charge in [0, 0.05) is 16.7 Å². The van der Waals surface area contributed by atoms with Gasteiger partial charge in [-0.2, -0.15) is 0 Å². The van der Waals surface area contributed by atoms with Crippen LogP contribution in [0.2, 0.25) is 5.02 Å². The molecule has 0 unspecified atom stereocenters. The Bertz CT molecular complexity index is 617. The second kappa shape index (κ2) is 6.58. The minimum absolute atomic E-state index is 0.248. The number of halogens is 5. The van der Waals surface area contributed by atoms with E-state index in [1.54, 1.807) is 6.07 Å². The highest BCUT2D eigenvalue weighted by Gasteiger charge is 2.30. The summed E-state index contributed by atoms with van der Waals surface area (Å²) in [5, 5.41) is 3.71. The van der Waals surface area contributed by atoms with Crippen molar-refractivity contribution in [3.05, 3.63) is 57.5 Å². The molecule has 0 aliphatic rings. The zero-order valence-corrected chi connectivity index (χ0v) is 12.9. The number of hydrogen-bond donors (Lipinski definition) is 1. The molecular weight excluding hydrogens is 371 g/mol. The molecule has 0 radical (unpaired) electrons. The monoisotopic (exact) mass is 379 g/mol. The molecule has 0 heterocycles. The molecule has 0 bridgehead atoms. The molecule has 2 rings (SSSR count). The summed E-state index contributed by atoms with van der Waals surface area (Å²) in [6, 6.07) is 11.1. The lowest BCUT2D eigenvalue weighted by atomic mass is 10.2. The summed E-state index contributed by atoms with van der Waals surface area (Å²) in [7, 11) is 0. The first kappa shape index (κ1) is 16.0. The number of ether oxygens (including phenoxy) is 1. The highest BCUT2D eigenvalue weighted by Crippen LogP contribution is 2.25. The lowest BCUT2D eigenvalue weighted by molar-refractivity contribution is -0.274. The maximum atomic E-state index is 12.0. The van der Waals surface area contributed by atoms with Gasteiger partial charge in [-0.15, -0.1) is 13.2 Å². The number of hydrogen-bond acceptors (Lipinski definition) is 2. The average Bonchev–Trinajstić information content (AvgIpc) is 2.40. The minimum atomic E-state index is -4.68. The molecule has 0 fully saturated rings. The van der Waals surface area contributed by atoms with Crippen LogP contribution >= 0.6 is 27.5 Å². The van der Waals surface area contributed by atoms with Gasteiger partial charge in [-0.05, 0) is 57.9 Å². The van der Waals surface area contributed by atoms with E-state index in [0.29, 0.717) is 17.3 Å². The fraction of sp³-hybridized carbons (Fsp3) is 0.143. The second-order valence-corrected chi connectivity index (χ2v) is 5.44. The highest BCUT2D eigenvalue weighted by atomic mass is 79.9. The number of nitrogens with one attached hydrogen (secondary N) is 1. The van der Waals surface area contributed by atoms with Crippen LogP contribution in [-0.2, 0) is 6.54 Å². The molecule has 2 nitrogen and oxygen atoms in total. The maximum absolute atomic E-state index is 12.0. The van der Waals surface area contributed by atoms with Gasteiger partial charge < -0.3 is 10.1 Å². The largest absolute Gasteiger partial charge is 0.573 e. The molecule has 2 aromatic rings.